The molecule has 3 heterocycles. The fraction of sp³-hybridized carbons (Fsp3) is 0.423. The molecule has 0 aliphatic carbocycles. The Morgan fingerprint density at radius 1 is 1.18 bits per heavy atom. The van der Waals surface area contributed by atoms with Crippen LogP contribution in [0.1, 0.15) is 43.9 Å². The summed E-state index contributed by atoms with van der Waals surface area (Å²) in [5.41, 5.74) is 1.02. The Labute approximate surface area is 241 Å². The molecule has 14 heteroatoms. The molecule has 12 nitrogen and oxygen atoms in total. The molecule has 2 aromatic rings. The summed E-state index contributed by atoms with van der Waals surface area (Å²) in [5, 5.41) is 5.51. The van der Waals surface area contributed by atoms with Gasteiger partial charge in [0.1, 0.15) is 23.5 Å². The van der Waals surface area contributed by atoms with E-state index in [0.717, 1.165) is 0 Å². The van der Waals surface area contributed by atoms with E-state index in [4.69, 9.17) is 13.6 Å². The van der Waals surface area contributed by atoms with Crippen molar-refractivity contribution in [2.75, 3.05) is 7.11 Å². The molecule has 0 radical (unpaired) electrons. The molecule has 40 heavy (non-hydrogen) atoms. The SMILES string of the molecule is COC(=O)C=C(C)NC(C(=O)NC1C(=O)N2[C@@H]1SC(C)(C)[C@@H]2C(=O)OCc1oc(=O)oc1CBr)c1ccccc1. The van der Waals surface area contributed by atoms with Gasteiger partial charge < -0.3 is 33.8 Å². The monoisotopic (exact) mass is 637 g/mol. The smallest absolute Gasteiger partial charge is 0.466 e. The first kappa shape index (κ1) is 29.5. The lowest BCUT2D eigenvalue weighted by Crippen LogP contribution is -2.71. The summed E-state index contributed by atoms with van der Waals surface area (Å²) in [6.07, 6.45) is 1.22. The summed E-state index contributed by atoms with van der Waals surface area (Å²) in [7, 11) is 1.25. The van der Waals surface area contributed by atoms with Crippen molar-refractivity contribution in [2.45, 2.75) is 61.0 Å². The van der Waals surface area contributed by atoms with Gasteiger partial charge in [-0.2, -0.15) is 0 Å². The highest BCUT2D eigenvalue weighted by molar-refractivity contribution is 9.08. The fourth-order valence-corrected chi connectivity index (χ4v) is 6.63. The van der Waals surface area contributed by atoms with Crippen LogP contribution in [0, 0.1) is 0 Å². The number of carbonyl (C=O) groups is 4. The molecule has 0 saturated carbocycles. The van der Waals surface area contributed by atoms with Crippen LogP contribution in [-0.4, -0.2) is 58.0 Å². The van der Waals surface area contributed by atoms with Crippen molar-refractivity contribution in [3.05, 3.63) is 69.8 Å². The first-order valence-electron chi connectivity index (χ1n) is 12.2. The normalized spacial score (nSPS) is 22.1. The Balaban J connectivity index is 1.47. The maximum absolute atomic E-state index is 13.4. The average molecular weight is 638 g/mol. The van der Waals surface area contributed by atoms with E-state index in [1.165, 1.54) is 29.8 Å². The number of nitrogens with one attached hydrogen (secondary N) is 2. The second kappa shape index (κ2) is 11.9. The van der Waals surface area contributed by atoms with Crippen molar-refractivity contribution in [1.29, 1.82) is 0 Å². The van der Waals surface area contributed by atoms with Gasteiger partial charge in [0.25, 0.3) is 0 Å². The Hall–Kier alpha value is -3.52. The van der Waals surface area contributed by atoms with Gasteiger partial charge in [-0.25, -0.2) is 14.4 Å². The fourth-order valence-electron chi connectivity index (χ4n) is 4.58. The number of nitrogens with zero attached hydrogens (tertiary/aromatic N) is 1. The van der Waals surface area contributed by atoms with Crippen LogP contribution in [-0.2, 0) is 40.6 Å². The maximum atomic E-state index is 13.4. The van der Waals surface area contributed by atoms with Gasteiger partial charge in [-0.3, -0.25) is 9.59 Å². The molecular weight excluding hydrogens is 610 g/mol. The third-order valence-corrected chi connectivity index (χ3v) is 8.54. The number of hydrogen-bond acceptors (Lipinski definition) is 11. The number of benzene rings is 1. The van der Waals surface area contributed by atoms with E-state index in [1.807, 2.05) is 13.8 Å². The number of carbonyl (C=O) groups excluding carboxylic acids is 4. The first-order chi connectivity index (χ1) is 19.0. The standard InChI is InChI=1S/C26H28BrN3O9S/c1-13(10-17(31)36-4)28-18(14-8-6-5-7-9-14)21(32)29-19-22(33)30-20(26(2,3)40-23(19)30)24(34)37-12-16-15(11-27)38-25(35)39-16/h5-10,18-20,23,28H,11-12H2,1-4H3,(H,29,32)/t18?,19?,20-,23+/m0/s1. The zero-order chi connectivity index (χ0) is 29.2. The minimum Gasteiger partial charge on any atom is -0.466 e. The van der Waals surface area contributed by atoms with E-state index in [1.54, 1.807) is 37.3 Å². The summed E-state index contributed by atoms with van der Waals surface area (Å²) in [6, 6.07) is 6.14. The van der Waals surface area contributed by atoms with E-state index in [2.05, 4.69) is 31.3 Å². The Bertz CT molecular complexity index is 1390. The molecule has 2 saturated heterocycles. The molecule has 4 atom stereocenters. The number of ether oxygens (including phenoxy) is 2. The lowest BCUT2D eigenvalue weighted by molar-refractivity contribution is -0.165. The van der Waals surface area contributed by atoms with Crippen LogP contribution in [0.4, 0.5) is 0 Å². The van der Waals surface area contributed by atoms with E-state index in [9.17, 15) is 24.0 Å². The number of hydrogen-bond donors (Lipinski definition) is 2. The van der Waals surface area contributed by atoms with Crippen LogP contribution in [0.2, 0.25) is 0 Å². The number of alkyl halides is 1. The van der Waals surface area contributed by atoms with Gasteiger partial charge in [-0.15, -0.1) is 11.8 Å². The Morgan fingerprint density at radius 3 is 2.50 bits per heavy atom. The second-order valence-electron chi connectivity index (χ2n) is 9.63. The molecule has 2 aliphatic heterocycles. The summed E-state index contributed by atoms with van der Waals surface area (Å²) in [6.45, 7) is 4.91. The van der Waals surface area contributed by atoms with Crippen molar-refractivity contribution in [3.8, 4) is 0 Å². The van der Waals surface area contributed by atoms with Gasteiger partial charge in [-0.1, -0.05) is 46.3 Å². The second-order valence-corrected chi connectivity index (χ2v) is 12.0. The molecule has 2 N–H and O–H groups in total. The van der Waals surface area contributed by atoms with Gasteiger partial charge in [-0.05, 0) is 26.3 Å². The van der Waals surface area contributed by atoms with Gasteiger partial charge in [0.15, 0.2) is 18.1 Å². The highest BCUT2D eigenvalue weighted by Gasteiger charge is 2.64. The zero-order valence-electron chi connectivity index (χ0n) is 22.1. The molecule has 0 spiro atoms. The quantitative estimate of drug-likeness (QED) is 0.170. The van der Waals surface area contributed by atoms with Crippen LogP contribution in [0.15, 0.2) is 55.7 Å². The van der Waals surface area contributed by atoms with E-state index < -0.39 is 57.8 Å². The van der Waals surface area contributed by atoms with Crippen molar-refractivity contribution in [3.63, 3.8) is 0 Å². The molecule has 0 bridgehead atoms. The lowest BCUT2D eigenvalue weighted by atomic mass is 9.95. The highest BCUT2D eigenvalue weighted by atomic mass is 79.9. The number of fused-ring (bicyclic) bond motifs is 1. The minimum absolute atomic E-state index is 0.0753. The van der Waals surface area contributed by atoms with Crippen molar-refractivity contribution in [2.24, 2.45) is 0 Å². The predicted octanol–water partition coefficient (Wildman–Crippen LogP) is 2.13. The molecule has 2 amide bonds. The lowest BCUT2D eigenvalue weighted by Gasteiger charge is -2.44. The molecule has 2 aliphatic rings. The average Bonchev–Trinajstić information content (AvgIpc) is 3.42. The first-order valence-corrected chi connectivity index (χ1v) is 14.2. The number of allylic oxidation sites excluding steroid dienone is 1. The van der Waals surface area contributed by atoms with Crippen LogP contribution < -0.4 is 16.5 Å². The number of halogens is 1. The zero-order valence-corrected chi connectivity index (χ0v) is 24.5. The van der Waals surface area contributed by atoms with Gasteiger partial charge >= 0.3 is 17.8 Å². The van der Waals surface area contributed by atoms with E-state index in [-0.39, 0.29) is 23.5 Å². The summed E-state index contributed by atoms with van der Waals surface area (Å²) < 4.78 is 19.1. The highest BCUT2D eigenvalue weighted by Crippen LogP contribution is 2.51. The third-order valence-electron chi connectivity index (χ3n) is 6.46. The molecule has 214 valence electrons. The van der Waals surface area contributed by atoms with Crippen molar-refractivity contribution >= 4 is 51.4 Å². The summed E-state index contributed by atoms with van der Waals surface area (Å²) >= 11 is 4.54. The number of β-lactam (4-membered cyclic amide) rings is 1. The number of methoxy groups -OCH3 is 1. The van der Waals surface area contributed by atoms with Crippen LogP contribution >= 0.6 is 27.7 Å². The largest absolute Gasteiger partial charge is 0.519 e. The van der Waals surface area contributed by atoms with Crippen LogP contribution in [0.25, 0.3) is 0 Å². The Morgan fingerprint density at radius 2 is 1.85 bits per heavy atom. The predicted molar refractivity (Wildman–Crippen MR) is 146 cm³/mol. The van der Waals surface area contributed by atoms with Crippen molar-refractivity contribution < 1.29 is 37.5 Å². The topological polar surface area (TPSA) is 157 Å². The molecule has 1 aromatic carbocycles. The van der Waals surface area contributed by atoms with Crippen LogP contribution in [0.5, 0.6) is 0 Å². The van der Waals surface area contributed by atoms with Gasteiger partial charge in [0.05, 0.1) is 12.4 Å². The number of rotatable bonds is 10. The van der Waals surface area contributed by atoms with E-state index >= 15 is 0 Å². The van der Waals surface area contributed by atoms with Gasteiger partial charge in [0.2, 0.25) is 11.8 Å². The van der Waals surface area contributed by atoms with Crippen molar-refractivity contribution in [1.82, 2.24) is 15.5 Å². The maximum Gasteiger partial charge on any atom is 0.519 e. The molecule has 2 fully saturated rings. The number of esters is 2. The van der Waals surface area contributed by atoms with Gasteiger partial charge in [0, 0.05) is 16.5 Å². The van der Waals surface area contributed by atoms with E-state index in [0.29, 0.717) is 11.3 Å². The minimum atomic E-state index is -0.928. The van der Waals surface area contributed by atoms with Crippen LogP contribution in [0.3, 0.4) is 0 Å². The molecular formula is C26H28BrN3O9S. The number of thioether (sulfide) groups is 1. The molecule has 2 unspecified atom stereocenters. The molecule has 1 aromatic heterocycles. The summed E-state index contributed by atoms with van der Waals surface area (Å²) in [4.78, 5) is 64.2. The summed E-state index contributed by atoms with van der Waals surface area (Å²) in [5.74, 6) is -2.79. The third kappa shape index (κ3) is 5.97. The molecule has 4 rings (SSSR count). The Kier molecular flexibility index (Phi) is 8.78. The number of amides is 2.